The lowest BCUT2D eigenvalue weighted by molar-refractivity contribution is -0.137. The smallest absolute Gasteiger partial charge is 0.341 e. The number of amides is 1. The number of carbonyl (C=O) groups excluding carboxylic acids is 1. The molecule has 0 fully saturated rings. The van der Waals surface area contributed by atoms with E-state index in [9.17, 15) is 18.0 Å². The van der Waals surface area contributed by atoms with Crippen LogP contribution in [0.5, 0.6) is 0 Å². The van der Waals surface area contributed by atoms with Crippen LogP contribution in [-0.2, 0) is 24.1 Å². The summed E-state index contributed by atoms with van der Waals surface area (Å²) in [6.45, 7) is 2.70. The molecule has 0 aliphatic heterocycles. The number of carbonyl (C=O) groups is 1. The molecule has 0 aliphatic carbocycles. The first kappa shape index (κ1) is 21.9. The van der Waals surface area contributed by atoms with Gasteiger partial charge < -0.3 is 9.47 Å². The number of hydrogen-bond donors (Lipinski definition) is 0. The molecule has 0 N–H and O–H groups in total. The highest BCUT2D eigenvalue weighted by molar-refractivity contribution is 7.99. The molecule has 3 rings (SSSR count). The molecule has 1 heterocycles. The molecule has 158 valence electrons. The highest BCUT2D eigenvalue weighted by Gasteiger charge is 2.30. The Labute approximate surface area is 176 Å². The average molecular weight is 434 g/mol. The minimum absolute atomic E-state index is 0.146. The molecule has 0 spiro atoms. The molecular formula is C21H21F3N4OS. The first-order chi connectivity index (χ1) is 14.2. The maximum atomic E-state index is 12.7. The molecule has 0 atom stereocenters. The molecule has 0 bridgehead atoms. The summed E-state index contributed by atoms with van der Waals surface area (Å²) < 4.78 is 39.9. The summed E-state index contributed by atoms with van der Waals surface area (Å²) >= 11 is 1.29. The molecule has 0 aliphatic rings. The van der Waals surface area contributed by atoms with Crippen LogP contribution >= 0.6 is 11.8 Å². The Hall–Kier alpha value is -2.81. The molecule has 0 saturated carbocycles. The average Bonchev–Trinajstić information content (AvgIpc) is 3.06. The Kier molecular flexibility index (Phi) is 6.81. The minimum Gasteiger partial charge on any atom is -0.341 e. The Bertz CT molecular complexity index is 988. The van der Waals surface area contributed by atoms with E-state index in [0.29, 0.717) is 17.3 Å². The molecule has 3 aromatic rings. The fourth-order valence-electron chi connectivity index (χ4n) is 2.81. The van der Waals surface area contributed by atoms with Crippen LogP contribution in [0, 0.1) is 6.92 Å². The van der Waals surface area contributed by atoms with Crippen molar-refractivity contribution in [3.8, 4) is 0 Å². The van der Waals surface area contributed by atoms with Crippen molar-refractivity contribution in [2.24, 2.45) is 0 Å². The number of hydrogen-bond acceptors (Lipinski definition) is 4. The molecule has 9 heteroatoms. The van der Waals surface area contributed by atoms with Gasteiger partial charge in [-0.05, 0) is 30.2 Å². The van der Waals surface area contributed by atoms with Crippen molar-refractivity contribution in [3.63, 3.8) is 0 Å². The summed E-state index contributed by atoms with van der Waals surface area (Å²) in [6.07, 6.45) is -4.37. The number of nitrogens with zero attached hydrogens (tertiary/aromatic N) is 4. The lowest BCUT2D eigenvalue weighted by Gasteiger charge is -2.17. The van der Waals surface area contributed by atoms with Gasteiger partial charge in [0.05, 0.1) is 17.9 Å². The Morgan fingerprint density at radius 3 is 2.33 bits per heavy atom. The summed E-state index contributed by atoms with van der Waals surface area (Å²) in [5, 5.41) is 8.91. The van der Waals surface area contributed by atoms with Gasteiger partial charge in [0.25, 0.3) is 0 Å². The van der Waals surface area contributed by atoms with Gasteiger partial charge in [-0.2, -0.15) is 13.2 Å². The molecule has 30 heavy (non-hydrogen) atoms. The fraction of sp³-hybridized carbons (Fsp3) is 0.286. The monoisotopic (exact) mass is 434 g/mol. The zero-order chi connectivity index (χ0) is 21.7. The summed E-state index contributed by atoms with van der Waals surface area (Å²) in [5.41, 5.74) is 1.03. The van der Waals surface area contributed by atoms with Gasteiger partial charge in [-0.25, -0.2) is 0 Å². The molecular weight excluding hydrogens is 413 g/mol. The summed E-state index contributed by atoms with van der Waals surface area (Å²) in [4.78, 5) is 14.0. The van der Waals surface area contributed by atoms with Gasteiger partial charge in [0.1, 0.15) is 5.82 Å². The van der Waals surface area contributed by atoms with E-state index in [0.717, 1.165) is 23.5 Å². The lowest BCUT2D eigenvalue weighted by Crippen LogP contribution is -2.28. The second kappa shape index (κ2) is 9.34. The number of aryl methyl sites for hydroxylation is 1. The summed E-state index contributed by atoms with van der Waals surface area (Å²) in [5.74, 6) is 0.767. The van der Waals surface area contributed by atoms with Crippen LogP contribution in [0.3, 0.4) is 0 Å². The van der Waals surface area contributed by atoms with Crippen LogP contribution in [0.2, 0.25) is 0 Å². The van der Waals surface area contributed by atoms with Crippen molar-refractivity contribution in [1.29, 1.82) is 0 Å². The van der Waals surface area contributed by atoms with Gasteiger partial charge >= 0.3 is 6.18 Å². The zero-order valence-electron chi connectivity index (χ0n) is 16.6. The minimum atomic E-state index is -4.37. The quantitative estimate of drug-likeness (QED) is 0.517. The second-order valence-corrected chi connectivity index (χ2v) is 7.78. The largest absolute Gasteiger partial charge is 0.416 e. The number of halogens is 3. The standard InChI is InChI=1S/C21H21F3N4OS/c1-15-25-26-20(28(15)13-16-6-4-3-5-7-16)30-14-19(29)27(2)12-17-8-10-18(11-9-17)21(22,23)24/h3-11H,12-14H2,1-2H3. The molecule has 0 radical (unpaired) electrons. The van der Waals surface area contributed by atoms with E-state index in [2.05, 4.69) is 10.2 Å². The van der Waals surface area contributed by atoms with Crippen molar-refractivity contribution in [3.05, 3.63) is 77.1 Å². The van der Waals surface area contributed by atoms with E-state index in [1.165, 1.54) is 28.8 Å². The fourth-order valence-corrected chi connectivity index (χ4v) is 3.74. The van der Waals surface area contributed by atoms with Crippen LogP contribution in [0.4, 0.5) is 13.2 Å². The second-order valence-electron chi connectivity index (χ2n) is 6.83. The van der Waals surface area contributed by atoms with Gasteiger partial charge in [-0.15, -0.1) is 10.2 Å². The highest BCUT2D eigenvalue weighted by atomic mass is 32.2. The topological polar surface area (TPSA) is 51.0 Å². The maximum absolute atomic E-state index is 12.7. The van der Waals surface area contributed by atoms with Crippen molar-refractivity contribution < 1.29 is 18.0 Å². The van der Waals surface area contributed by atoms with Gasteiger partial charge in [0.2, 0.25) is 5.91 Å². The highest BCUT2D eigenvalue weighted by Crippen LogP contribution is 2.29. The molecule has 2 aromatic carbocycles. The van der Waals surface area contributed by atoms with E-state index in [4.69, 9.17) is 0 Å². The number of benzene rings is 2. The predicted molar refractivity (Wildman–Crippen MR) is 109 cm³/mol. The van der Waals surface area contributed by atoms with Gasteiger partial charge in [0.15, 0.2) is 5.16 Å². The molecule has 0 unspecified atom stereocenters. The zero-order valence-corrected chi connectivity index (χ0v) is 17.4. The van der Waals surface area contributed by atoms with E-state index in [-0.39, 0.29) is 18.2 Å². The lowest BCUT2D eigenvalue weighted by atomic mass is 10.1. The third-order valence-electron chi connectivity index (χ3n) is 4.54. The van der Waals surface area contributed by atoms with E-state index in [1.807, 2.05) is 41.8 Å². The van der Waals surface area contributed by atoms with Crippen LogP contribution in [0.25, 0.3) is 0 Å². The van der Waals surface area contributed by atoms with E-state index >= 15 is 0 Å². The number of alkyl halides is 3. The van der Waals surface area contributed by atoms with Crippen LogP contribution in [0.1, 0.15) is 22.5 Å². The SMILES string of the molecule is Cc1nnc(SCC(=O)N(C)Cc2ccc(C(F)(F)F)cc2)n1Cc1ccccc1. The van der Waals surface area contributed by atoms with Crippen LogP contribution in [-0.4, -0.2) is 38.4 Å². The van der Waals surface area contributed by atoms with E-state index in [1.54, 1.807) is 7.05 Å². The van der Waals surface area contributed by atoms with Crippen LogP contribution < -0.4 is 0 Å². The van der Waals surface area contributed by atoms with Crippen molar-refractivity contribution in [1.82, 2.24) is 19.7 Å². The first-order valence-electron chi connectivity index (χ1n) is 9.20. The van der Waals surface area contributed by atoms with Crippen molar-refractivity contribution in [2.45, 2.75) is 31.3 Å². The maximum Gasteiger partial charge on any atom is 0.416 e. The summed E-state index contributed by atoms with van der Waals surface area (Å²) in [6, 6.07) is 14.7. The predicted octanol–water partition coefficient (Wildman–Crippen LogP) is 4.40. The molecule has 1 amide bonds. The Morgan fingerprint density at radius 2 is 1.70 bits per heavy atom. The van der Waals surface area contributed by atoms with Crippen molar-refractivity contribution in [2.75, 3.05) is 12.8 Å². The molecule has 0 saturated heterocycles. The van der Waals surface area contributed by atoms with Gasteiger partial charge in [-0.3, -0.25) is 4.79 Å². The normalized spacial score (nSPS) is 11.5. The van der Waals surface area contributed by atoms with Crippen molar-refractivity contribution >= 4 is 17.7 Å². The molecule has 1 aromatic heterocycles. The third kappa shape index (κ3) is 5.63. The molecule has 5 nitrogen and oxygen atoms in total. The van der Waals surface area contributed by atoms with Gasteiger partial charge in [-0.1, -0.05) is 54.2 Å². The third-order valence-corrected chi connectivity index (χ3v) is 5.49. The summed E-state index contributed by atoms with van der Waals surface area (Å²) in [7, 11) is 1.63. The van der Waals surface area contributed by atoms with Crippen LogP contribution in [0.15, 0.2) is 59.8 Å². The van der Waals surface area contributed by atoms with Gasteiger partial charge in [0, 0.05) is 13.6 Å². The Morgan fingerprint density at radius 1 is 1.03 bits per heavy atom. The number of aromatic nitrogens is 3. The number of thioether (sulfide) groups is 1. The van der Waals surface area contributed by atoms with E-state index < -0.39 is 11.7 Å². The number of rotatable bonds is 7. The Balaban J connectivity index is 1.58. The first-order valence-corrected chi connectivity index (χ1v) is 10.2.